The molecule has 2 aliphatic carbocycles. The van der Waals surface area contributed by atoms with Crippen molar-refractivity contribution in [3.05, 3.63) is 0 Å². The highest BCUT2D eigenvalue weighted by Crippen LogP contribution is 2.72. The summed E-state index contributed by atoms with van der Waals surface area (Å²) in [5.74, 6) is 1.02. The van der Waals surface area contributed by atoms with Gasteiger partial charge in [0.15, 0.2) is 5.78 Å². The van der Waals surface area contributed by atoms with Crippen LogP contribution < -0.4 is 0 Å². The molecule has 4 heteroatoms. The van der Waals surface area contributed by atoms with Gasteiger partial charge in [0, 0.05) is 25.9 Å². The molecule has 1 N–H and O–H groups in total. The molecule has 0 unspecified atom stereocenters. The van der Waals surface area contributed by atoms with Crippen LogP contribution >= 0.6 is 0 Å². The largest absolute Gasteiger partial charge is 0.381 e. The van der Waals surface area contributed by atoms with Crippen LogP contribution in [0.1, 0.15) is 45.4 Å². The molecule has 0 radical (unpaired) electrons. The molecular formula is C16H23NO3. The minimum absolute atomic E-state index is 0.0548. The summed E-state index contributed by atoms with van der Waals surface area (Å²) in [5, 5.41) is 11.4. The average Bonchev–Trinajstić information content (AvgIpc) is 2.80. The van der Waals surface area contributed by atoms with Gasteiger partial charge in [-0.2, -0.15) is 0 Å². The second-order valence-electron chi connectivity index (χ2n) is 7.98. The summed E-state index contributed by atoms with van der Waals surface area (Å²) in [6.45, 7) is 4.27. The molecule has 2 bridgehead atoms. The van der Waals surface area contributed by atoms with E-state index in [1.807, 2.05) is 0 Å². The van der Waals surface area contributed by atoms with Crippen molar-refractivity contribution < 1.29 is 14.6 Å². The first-order valence-corrected chi connectivity index (χ1v) is 8.20. The summed E-state index contributed by atoms with van der Waals surface area (Å²) >= 11 is 0. The number of aliphatic hydroxyl groups is 1. The smallest absolute Gasteiger partial charge is 0.165 e. The number of ketones is 1. The van der Waals surface area contributed by atoms with Gasteiger partial charge in [-0.3, -0.25) is 9.69 Å². The maximum Gasteiger partial charge on any atom is 0.165 e. The van der Waals surface area contributed by atoms with E-state index in [4.69, 9.17) is 4.74 Å². The first-order chi connectivity index (χ1) is 9.52. The van der Waals surface area contributed by atoms with E-state index in [0.717, 1.165) is 38.8 Å². The summed E-state index contributed by atoms with van der Waals surface area (Å²) in [6.07, 6.45) is 5.31. The molecule has 3 heterocycles. The van der Waals surface area contributed by atoms with Gasteiger partial charge in [0.1, 0.15) is 11.3 Å². The Kier molecular flexibility index (Phi) is 2.01. The maximum absolute atomic E-state index is 12.7. The topological polar surface area (TPSA) is 49.8 Å². The zero-order valence-electron chi connectivity index (χ0n) is 12.1. The normalized spacial score (nSPS) is 60.7. The molecule has 20 heavy (non-hydrogen) atoms. The number of nitrogens with zero attached hydrogens (tertiary/aromatic N) is 1. The van der Waals surface area contributed by atoms with Gasteiger partial charge in [-0.25, -0.2) is 0 Å². The number of hydrogen-bond donors (Lipinski definition) is 1. The zero-order chi connectivity index (χ0) is 13.8. The van der Waals surface area contributed by atoms with Crippen LogP contribution in [0.4, 0.5) is 0 Å². The lowest BCUT2D eigenvalue weighted by Gasteiger charge is -2.65. The molecule has 3 saturated heterocycles. The van der Waals surface area contributed by atoms with Crippen LogP contribution in [-0.2, 0) is 9.53 Å². The van der Waals surface area contributed by atoms with Gasteiger partial charge in [-0.05, 0) is 37.5 Å². The third kappa shape index (κ3) is 0.994. The van der Waals surface area contributed by atoms with Crippen molar-refractivity contribution in [1.29, 1.82) is 0 Å². The third-order valence-electron chi connectivity index (χ3n) is 7.16. The molecule has 0 aromatic heterocycles. The number of hydrogen-bond acceptors (Lipinski definition) is 4. The molecule has 6 atom stereocenters. The number of Topliss-reactive ketones (excluding diaryl/α,β-unsaturated/α-hetero) is 1. The number of piperidine rings is 1. The van der Waals surface area contributed by atoms with Gasteiger partial charge in [0.2, 0.25) is 0 Å². The van der Waals surface area contributed by atoms with Crippen LogP contribution in [0.15, 0.2) is 0 Å². The SMILES string of the molecule is C[C@@H]1C[C@H]2CC(=O)[C@]3(O)C[C@H]4CN5CCC[C@]23[C@]5(C1)O4. The quantitative estimate of drug-likeness (QED) is 0.725. The lowest BCUT2D eigenvalue weighted by Crippen LogP contribution is -2.74. The molecule has 5 aliphatic rings. The Labute approximate surface area is 119 Å². The average molecular weight is 277 g/mol. The van der Waals surface area contributed by atoms with Gasteiger partial charge in [-0.15, -0.1) is 0 Å². The molecule has 2 saturated carbocycles. The third-order valence-corrected chi connectivity index (χ3v) is 7.16. The van der Waals surface area contributed by atoms with Crippen molar-refractivity contribution >= 4 is 5.78 Å². The number of carbonyl (C=O) groups is 1. The molecule has 5 fully saturated rings. The molecule has 2 spiro atoms. The Balaban J connectivity index is 1.79. The molecule has 5 rings (SSSR count). The van der Waals surface area contributed by atoms with Gasteiger partial charge >= 0.3 is 0 Å². The van der Waals surface area contributed by atoms with Crippen molar-refractivity contribution in [1.82, 2.24) is 4.90 Å². The Morgan fingerprint density at radius 2 is 2.25 bits per heavy atom. The molecular weight excluding hydrogens is 254 g/mol. The Hall–Kier alpha value is -0.450. The van der Waals surface area contributed by atoms with Gasteiger partial charge in [0.25, 0.3) is 0 Å². The fourth-order valence-corrected chi connectivity index (χ4v) is 6.81. The summed E-state index contributed by atoms with van der Waals surface area (Å²) in [7, 11) is 0. The van der Waals surface area contributed by atoms with E-state index in [1.54, 1.807) is 0 Å². The first kappa shape index (κ1) is 12.1. The Bertz CT molecular complexity index is 508. The van der Waals surface area contributed by atoms with Crippen LogP contribution in [0.3, 0.4) is 0 Å². The predicted molar refractivity (Wildman–Crippen MR) is 71.9 cm³/mol. The van der Waals surface area contributed by atoms with Crippen LogP contribution in [-0.4, -0.2) is 46.3 Å². The highest BCUT2D eigenvalue weighted by Gasteiger charge is 2.81. The number of rotatable bonds is 0. The van der Waals surface area contributed by atoms with Crippen molar-refractivity contribution in [2.45, 2.75) is 62.9 Å². The van der Waals surface area contributed by atoms with Gasteiger partial charge in [-0.1, -0.05) is 6.92 Å². The fourth-order valence-electron chi connectivity index (χ4n) is 6.81. The second kappa shape index (κ2) is 3.31. The number of ether oxygens (including phenoxy) is 1. The molecule has 0 aromatic carbocycles. The van der Waals surface area contributed by atoms with Crippen molar-refractivity contribution in [3.63, 3.8) is 0 Å². The molecule has 3 aliphatic heterocycles. The van der Waals surface area contributed by atoms with Crippen molar-refractivity contribution in [2.75, 3.05) is 13.1 Å². The summed E-state index contributed by atoms with van der Waals surface area (Å²) < 4.78 is 6.53. The lowest BCUT2D eigenvalue weighted by atomic mass is 9.50. The fraction of sp³-hybridized carbons (Fsp3) is 0.938. The lowest BCUT2D eigenvalue weighted by molar-refractivity contribution is -0.321. The number of carbonyl (C=O) groups excluding carboxylic acids is 1. The minimum Gasteiger partial charge on any atom is -0.381 e. The van der Waals surface area contributed by atoms with E-state index in [-0.39, 0.29) is 23.0 Å². The van der Waals surface area contributed by atoms with Crippen LogP contribution in [0, 0.1) is 17.3 Å². The van der Waals surface area contributed by atoms with Gasteiger partial charge < -0.3 is 9.84 Å². The highest BCUT2D eigenvalue weighted by atomic mass is 16.6. The number of fused-ring (bicyclic) bond motifs is 1. The molecule has 110 valence electrons. The van der Waals surface area contributed by atoms with E-state index in [0.29, 0.717) is 24.7 Å². The second-order valence-corrected chi connectivity index (χ2v) is 7.98. The molecule has 4 nitrogen and oxygen atoms in total. The monoisotopic (exact) mass is 277 g/mol. The molecule has 0 aromatic rings. The van der Waals surface area contributed by atoms with E-state index in [2.05, 4.69) is 11.8 Å². The summed E-state index contributed by atoms with van der Waals surface area (Å²) in [4.78, 5) is 15.2. The zero-order valence-corrected chi connectivity index (χ0v) is 12.1. The van der Waals surface area contributed by atoms with E-state index in [9.17, 15) is 9.90 Å². The summed E-state index contributed by atoms with van der Waals surface area (Å²) in [6, 6.07) is 0. The van der Waals surface area contributed by atoms with Crippen LogP contribution in [0.2, 0.25) is 0 Å². The minimum atomic E-state index is -1.10. The Morgan fingerprint density at radius 1 is 1.40 bits per heavy atom. The van der Waals surface area contributed by atoms with Crippen LogP contribution in [0.5, 0.6) is 0 Å². The standard InChI is InChI=1S/C16H23NO3/c1-10-5-11-6-13(18)15(19)8-12-9-17-4-2-3-14(11,15)16(17,7-10)20-12/h10-12,19H,2-9H2,1H3/t10-,11+,12+,14+,15-,16+/m1/s1. The summed E-state index contributed by atoms with van der Waals surface area (Å²) in [5.41, 5.74) is -1.75. The van der Waals surface area contributed by atoms with E-state index < -0.39 is 5.60 Å². The van der Waals surface area contributed by atoms with Gasteiger partial charge in [0.05, 0.1) is 11.5 Å². The highest BCUT2D eigenvalue weighted by molar-refractivity contribution is 5.92. The van der Waals surface area contributed by atoms with E-state index >= 15 is 0 Å². The van der Waals surface area contributed by atoms with Crippen LogP contribution in [0.25, 0.3) is 0 Å². The Morgan fingerprint density at radius 3 is 3.10 bits per heavy atom. The predicted octanol–water partition coefficient (Wildman–Crippen LogP) is 1.32. The van der Waals surface area contributed by atoms with Crippen molar-refractivity contribution in [3.8, 4) is 0 Å². The molecule has 0 amide bonds. The van der Waals surface area contributed by atoms with Crippen molar-refractivity contribution in [2.24, 2.45) is 17.3 Å². The van der Waals surface area contributed by atoms with E-state index in [1.165, 1.54) is 0 Å². The first-order valence-electron chi connectivity index (χ1n) is 8.20. The maximum atomic E-state index is 12.7.